The van der Waals surface area contributed by atoms with E-state index in [1.165, 1.54) is 0 Å². The van der Waals surface area contributed by atoms with Crippen molar-refractivity contribution in [1.82, 2.24) is 15.3 Å². The summed E-state index contributed by atoms with van der Waals surface area (Å²) in [6, 6.07) is 1.72. The Labute approximate surface area is 142 Å². The maximum absolute atomic E-state index is 12.4. The molecule has 3 rings (SSSR count). The molecule has 3 heterocycles. The highest BCUT2D eigenvalue weighted by atomic mass is 32.2. The second-order valence-corrected chi connectivity index (χ2v) is 9.05. The van der Waals surface area contributed by atoms with E-state index in [-0.39, 0.29) is 29.4 Å². The minimum absolute atomic E-state index is 0.0157. The van der Waals surface area contributed by atoms with Gasteiger partial charge in [0, 0.05) is 36.4 Å². The number of piperidine rings is 1. The van der Waals surface area contributed by atoms with E-state index in [4.69, 9.17) is 0 Å². The van der Waals surface area contributed by atoms with E-state index < -0.39 is 9.84 Å². The average molecular weight is 352 g/mol. The molecule has 0 radical (unpaired) electrons. The Morgan fingerprint density at radius 1 is 1.17 bits per heavy atom. The highest BCUT2D eigenvalue weighted by Gasteiger charge is 2.32. The highest BCUT2D eigenvalue weighted by molar-refractivity contribution is 7.91. The molecule has 0 spiro atoms. The van der Waals surface area contributed by atoms with E-state index in [9.17, 15) is 13.2 Å². The van der Waals surface area contributed by atoms with Crippen molar-refractivity contribution in [3.05, 3.63) is 17.5 Å². The Morgan fingerprint density at radius 2 is 1.79 bits per heavy atom. The molecule has 2 aliphatic rings. The van der Waals surface area contributed by atoms with Crippen molar-refractivity contribution in [3.8, 4) is 0 Å². The normalized spacial score (nSPS) is 24.1. The second-order valence-electron chi connectivity index (χ2n) is 6.82. The monoisotopic (exact) mass is 352 g/mol. The summed E-state index contributed by atoms with van der Waals surface area (Å²) in [6.45, 7) is 5.38. The van der Waals surface area contributed by atoms with E-state index >= 15 is 0 Å². The highest BCUT2D eigenvalue weighted by Crippen LogP contribution is 2.22. The standard InChI is InChI=1S/C16H24N4O3S/c1-11-9-12(2)18-16(17-11)20-6-3-13(4-7-20)15(21)19-14-5-8-24(22,23)10-14/h9,13-14H,3-8,10H2,1-2H3,(H,19,21)/t14-/m1/s1. The molecule has 8 heteroatoms. The van der Waals surface area contributed by atoms with Crippen molar-refractivity contribution in [2.24, 2.45) is 5.92 Å². The molecule has 2 saturated heterocycles. The Kier molecular flexibility index (Phi) is 4.76. The predicted molar refractivity (Wildman–Crippen MR) is 91.6 cm³/mol. The van der Waals surface area contributed by atoms with Gasteiger partial charge in [0.25, 0.3) is 0 Å². The van der Waals surface area contributed by atoms with Crippen molar-refractivity contribution in [1.29, 1.82) is 0 Å². The van der Waals surface area contributed by atoms with Gasteiger partial charge in [0.2, 0.25) is 11.9 Å². The number of nitrogens with one attached hydrogen (secondary N) is 1. The third kappa shape index (κ3) is 4.03. The number of carbonyl (C=O) groups is 1. The van der Waals surface area contributed by atoms with Crippen LogP contribution in [0.4, 0.5) is 5.95 Å². The third-order valence-corrected chi connectivity index (χ3v) is 6.47. The molecule has 0 bridgehead atoms. The van der Waals surface area contributed by atoms with Crippen LogP contribution in [-0.4, -0.2) is 54.9 Å². The van der Waals surface area contributed by atoms with Gasteiger partial charge in [0.15, 0.2) is 9.84 Å². The van der Waals surface area contributed by atoms with Crippen molar-refractivity contribution in [2.45, 2.75) is 39.2 Å². The predicted octanol–water partition coefficient (Wildman–Crippen LogP) is 0.613. The maximum atomic E-state index is 12.4. The van der Waals surface area contributed by atoms with Gasteiger partial charge in [-0.25, -0.2) is 18.4 Å². The number of hydrogen-bond acceptors (Lipinski definition) is 6. The van der Waals surface area contributed by atoms with Gasteiger partial charge in [0.05, 0.1) is 11.5 Å². The lowest BCUT2D eigenvalue weighted by Crippen LogP contribution is -2.44. The molecule has 0 aliphatic carbocycles. The molecule has 1 atom stereocenters. The molecule has 132 valence electrons. The fourth-order valence-corrected chi connectivity index (χ4v) is 5.09. The van der Waals surface area contributed by atoms with E-state index in [1.807, 2.05) is 19.9 Å². The Morgan fingerprint density at radius 3 is 2.33 bits per heavy atom. The lowest BCUT2D eigenvalue weighted by molar-refractivity contribution is -0.126. The van der Waals surface area contributed by atoms with Crippen molar-refractivity contribution >= 4 is 21.7 Å². The minimum atomic E-state index is -2.96. The lowest BCUT2D eigenvalue weighted by Gasteiger charge is -2.32. The van der Waals surface area contributed by atoms with E-state index in [2.05, 4.69) is 20.2 Å². The first-order valence-electron chi connectivity index (χ1n) is 8.40. The van der Waals surface area contributed by atoms with Crippen LogP contribution in [0.2, 0.25) is 0 Å². The molecular formula is C16H24N4O3S. The number of aromatic nitrogens is 2. The molecule has 1 aromatic rings. The quantitative estimate of drug-likeness (QED) is 0.857. The smallest absolute Gasteiger partial charge is 0.225 e. The Hall–Kier alpha value is -1.70. The number of carbonyl (C=O) groups excluding carboxylic acids is 1. The van der Waals surface area contributed by atoms with Gasteiger partial charge in [-0.1, -0.05) is 0 Å². The second kappa shape index (κ2) is 6.66. The number of amides is 1. The van der Waals surface area contributed by atoms with Crippen LogP contribution < -0.4 is 10.2 Å². The van der Waals surface area contributed by atoms with Crippen molar-refractivity contribution in [2.75, 3.05) is 29.5 Å². The van der Waals surface area contributed by atoms with Crippen LogP contribution in [0.1, 0.15) is 30.7 Å². The Balaban J connectivity index is 1.54. The molecule has 0 unspecified atom stereocenters. The number of nitrogens with zero attached hydrogens (tertiary/aromatic N) is 3. The Bertz CT molecular complexity index is 707. The van der Waals surface area contributed by atoms with Crippen LogP contribution in [-0.2, 0) is 14.6 Å². The first-order valence-corrected chi connectivity index (χ1v) is 10.2. The van der Waals surface area contributed by atoms with Crippen LogP contribution in [0, 0.1) is 19.8 Å². The van der Waals surface area contributed by atoms with Crippen LogP contribution in [0.3, 0.4) is 0 Å². The van der Waals surface area contributed by atoms with Crippen LogP contribution in [0.25, 0.3) is 0 Å². The number of anilines is 1. The molecule has 0 saturated carbocycles. The van der Waals surface area contributed by atoms with E-state index in [0.717, 1.165) is 43.3 Å². The van der Waals surface area contributed by atoms with Gasteiger partial charge in [-0.3, -0.25) is 4.79 Å². The number of hydrogen-bond donors (Lipinski definition) is 1. The third-order valence-electron chi connectivity index (χ3n) is 4.70. The fourth-order valence-electron chi connectivity index (χ4n) is 3.42. The summed E-state index contributed by atoms with van der Waals surface area (Å²) in [6.07, 6.45) is 2.01. The zero-order chi connectivity index (χ0) is 17.3. The maximum Gasteiger partial charge on any atom is 0.225 e. The zero-order valence-electron chi connectivity index (χ0n) is 14.2. The lowest BCUT2D eigenvalue weighted by atomic mass is 9.95. The van der Waals surface area contributed by atoms with E-state index in [0.29, 0.717) is 6.42 Å². The molecule has 1 aromatic heterocycles. The molecule has 1 N–H and O–H groups in total. The largest absolute Gasteiger partial charge is 0.352 e. The summed E-state index contributed by atoms with van der Waals surface area (Å²) in [7, 11) is -2.96. The van der Waals surface area contributed by atoms with Crippen LogP contribution >= 0.6 is 0 Å². The van der Waals surface area contributed by atoms with Crippen LogP contribution in [0.5, 0.6) is 0 Å². The van der Waals surface area contributed by atoms with Gasteiger partial charge >= 0.3 is 0 Å². The topological polar surface area (TPSA) is 92.3 Å². The average Bonchev–Trinajstić information content (AvgIpc) is 2.85. The molecule has 24 heavy (non-hydrogen) atoms. The minimum Gasteiger partial charge on any atom is -0.352 e. The van der Waals surface area contributed by atoms with Crippen molar-refractivity contribution < 1.29 is 13.2 Å². The summed E-state index contributed by atoms with van der Waals surface area (Å²) in [4.78, 5) is 23.4. The molecular weight excluding hydrogens is 328 g/mol. The van der Waals surface area contributed by atoms with Gasteiger partial charge in [0.1, 0.15) is 0 Å². The number of aryl methyl sites for hydroxylation is 2. The molecule has 0 aromatic carbocycles. The first-order chi connectivity index (χ1) is 11.3. The summed E-state index contributed by atoms with van der Waals surface area (Å²) < 4.78 is 23.0. The molecule has 2 fully saturated rings. The first kappa shape index (κ1) is 17.1. The summed E-state index contributed by atoms with van der Waals surface area (Å²) in [5, 5.41) is 2.91. The molecule has 2 aliphatic heterocycles. The van der Waals surface area contributed by atoms with Gasteiger partial charge in [-0.05, 0) is 39.2 Å². The van der Waals surface area contributed by atoms with Crippen LogP contribution in [0.15, 0.2) is 6.07 Å². The van der Waals surface area contributed by atoms with Crippen molar-refractivity contribution in [3.63, 3.8) is 0 Å². The van der Waals surface area contributed by atoms with E-state index in [1.54, 1.807) is 0 Å². The van der Waals surface area contributed by atoms with Gasteiger partial charge in [-0.15, -0.1) is 0 Å². The number of rotatable bonds is 3. The fraction of sp³-hybridized carbons (Fsp3) is 0.688. The van der Waals surface area contributed by atoms with Gasteiger partial charge in [-0.2, -0.15) is 0 Å². The molecule has 1 amide bonds. The summed E-state index contributed by atoms with van der Waals surface area (Å²) >= 11 is 0. The SMILES string of the molecule is Cc1cc(C)nc(N2CCC(C(=O)N[C@@H]3CCS(=O)(=O)C3)CC2)n1. The summed E-state index contributed by atoms with van der Waals surface area (Å²) in [5.41, 5.74) is 1.89. The number of sulfone groups is 1. The zero-order valence-corrected chi connectivity index (χ0v) is 15.0. The van der Waals surface area contributed by atoms with Gasteiger partial charge < -0.3 is 10.2 Å². The summed E-state index contributed by atoms with van der Waals surface area (Å²) in [5.74, 6) is 0.913. The molecule has 7 nitrogen and oxygen atoms in total.